The SMILES string of the molecule is CC1=CC2OC(C)(CCC2C(C)(C)O)C(O)CCC(C)=CCC1. The molecule has 0 radical (unpaired) electrons. The van der Waals surface area contributed by atoms with Crippen LogP contribution in [0.25, 0.3) is 0 Å². The van der Waals surface area contributed by atoms with Crippen molar-refractivity contribution in [1.82, 2.24) is 0 Å². The third-order valence-electron chi connectivity index (χ3n) is 5.66. The number of rotatable bonds is 1. The first-order valence-corrected chi connectivity index (χ1v) is 9.03. The molecule has 4 atom stereocenters. The van der Waals surface area contributed by atoms with E-state index in [-0.39, 0.29) is 12.0 Å². The number of hydrogen-bond donors (Lipinski definition) is 2. The highest BCUT2D eigenvalue weighted by atomic mass is 16.5. The number of hydrogen-bond acceptors (Lipinski definition) is 3. The lowest BCUT2D eigenvalue weighted by Crippen LogP contribution is -2.54. The fourth-order valence-electron chi connectivity index (χ4n) is 3.89. The summed E-state index contributed by atoms with van der Waals surface area (Å²) in [6.07, 6.45) is 9.24. The van der Waals surface area contributed by atoms with E-state index in [0.717, 1.165) is 38.5 Å². The summed E-state index contributed by atoms with van der Waals surface area (Å²) in [5, 5.41) is 21.2. The van der Waals surface area contributed by atoms with Crippen molar-refractivity contribution in [2.75, 3.05) is 0 Å². The molecule has 2 bridgehead atoms. The zero-order valence-electron chi connectivity index (χ0n) is 15.4. The second-order valence-electron chi connectivity index (χ2n) is 8.35. The molecule has 132 valence electrons. The molecular formula is C20H34O3. The summed E-state index contributed by atoms with van der Waals surface area (Å²) in [5.74, 6) is 0.0675. The Hall–Kier alpha value is -0.640. The molecular weight excluding hydrogens is 288 g/mol. The van der Waals surface area contributed by atoms with Crippen molar-refractivity contribution in [2.45, 2.75) is 96.6 Å². The molecule has 0 aromatic heterocycles. The summed E-state index contributed by atoms with van der Waals surface area (Å²) in [4.78, 5) is 0. The largest absolute Gasteiger partial charge is 0.390 e. The van der Waals surface area contributed by atoms with Gasteiger partial charge in [0.1, 0.15) is 0 Å². The maximum absolute atomic E-state index is 10.7. The first kappa shape index (κ1) is 18.7. The number of ether oxygens (including phenoxy) is 1. The molecule has 0 aromatic carbocycles. The Bertz CT molecular complexity index is 472. The third-order valence-corrected chi connectivity index (χ3v) is 5.66. The molecule has 0 amide bonds. The van der Waals surface area contributed by atoms with Crippen LogP contribution in [0.4, 0.5) is 0 Å². The zero-order chi connectivity index (χ0) is 17.3. The van der Waals surface area contributed by atoms with Gasteiger partial charge in [0.05, 0.1) is 23.4 Å². The van der Waals surface area contributed by atoms with E-state index in [1.807, 2.05) is 20.8 Å². The van der Waals surface area contributed by atoms with Crippen LogP contribution in [0.15, 0.2) is 23.3 Å². The molecule has 3 heteroatoms. The van der Waals surface area contributed by atoms with E-state index in [4.69, 9.17) is 4.74 Å². The molecule has 2 N–H and O–H groups in total. The predicted octanol–water partition coefficient (Wildman–Crippen LogP) is 4.14. The van der Waals surface area contributed by atoms with Crippen LogP contribution in [0.1, 0.15) is 73.1 Å². The van der Waals surface area contributed by atoms with Crippen molar-refractivity contribution >= 4 is 0 Å². The second kappa shape index (κ2) is 7.08. The molecule has 3 nitrogen and oxygen atoms in total. The fraction of sp³-hybridized carbons (Fsp3) is 0.800. The highest BCUT2D eigenvalue weighted by Gasteiger charge is 2.46. The highest BCUT2D eigenvalue weighted by molar-refractivity contribution is 5.11. The highest BCUT2D eigenvalue weighted by Crippen LogP contribution is 2.41. The van der Waals surface area contributed by atoms with Crippen LogP contribution in [0.2, 0.25) is 0 Å². The average molecular weight is 322 g/mol. The van der Waals surface area contributed by atoms with E-state index >= 15 is 0 Å². The Labute approximate surface area is 141 Å². The summed E-state index contributed by atoms with van der Waals surface area (Å²) in [5.41, 5.74) is 1.35. The Morgan fingerprint density at radius 1 is 1.17 bits per heavy atom. The molecule has 2 heterocycles. The third kappa shape index (κ3) is 4.68. The molecule has 2 aliphatic rings. The Balaban J connectivity index is 2.32. The van der Waals surface area contributed by atoms with Gasteiger partial charge in [-0.1, -0.05) is 23.3 Å². The van der Waals surface area contributed by atoms with Gasteiger partial charge in [0.25, 0.3) is 0 Å². The molecule has 4 unspecified atom stereocenters. The number of fused-ring (bicyclic) bond motifs is 2. The Kier molecular flexibility index (Phi) is 5.76. The van der Waals surface area contributed by atoms with Gasteiger partial charge in [0.15, 0.2) is 0 Å². The van der Waals surface area contributed by atoms with Crippen LogP contribution < -0.4 is 0 Å². The smallest absolute Gasteiger partial charge is 0.0920 e. The van der Waals surface area contributed by atoms with E-state index in [1.165, 1.54) is 11.1 Å². The summed E-state index contributed by atoms with van der Waals surface area (Å²) >= 11 is 0. The lowest BCUT2D eigenvalue weighted by molar-refractivity contribution is -0.202. The predicted molar refractivity (Wildman–Crippen MR) is 94.3 cm³/mol. The van der Waals surface area contributed by atoms with Gasteiger partial charge in [-0.25, -0.2) is 0 Å². The lowest BCUT2D eigenvalue weighted by Gasteiger charge is -2.48. The van der Waals surface area contributed by atoms with Crippen LogP contribution in [-0.2, 0) is 4.74 Å². The summed E-state index contributed by atoms with van der Waals surface area (Å²) in [6, 6.07) is 0. The van der Waals surface area contributed by atoms with E-state index in [2.05, 4.69) is 26.0 Å². The summed E-state index contributed by atoms with van der Waals surface area (Å²) in [7, 11) is 0. The Morgan fingerprint density at radius 3 is 2.52 bits per heavy atom. The topological polar surface area (TPSA) is 49.7 Å². The zero-order valence-corrected chi connectivity index (χ0v) is 15.4. The van der Waals surface area contributed by atoms with Crippen LogP contribution >= 0.6 is 0 Å². The molecule has 2 aliphatic heterocycles. The molecule has 1 saturated heterocycles. The minimum atomic E-state index is -0.776. The van der Waals surface area contributed by atoms with Crippen molar-refractivity contribution in [3.63, 3.8) is 0 Å². The van der Waals surface area contributed by atoms with Crippen molar-refractivity contribution < 1.29 is 14.9 Å². The van der Waals surface area contributed by atoms with Gasteiger partial charge < -0.3 is 14.9 Å². The van der Waals surface area contributed by atoms with Crippen molar-refractivity contribution in [2.24, 2.45) is 5.92 Å². The molecule has 0 aliphatic carbocycles. The molecule has 0 saturated carbocycles. The fourth-order valence-corrected chi connectivity index (χ4v) is 3.89. The average Bonchev–Trinajstić information content (AvgIpc) is 2.42. The van der Waals surface area contributed by atoms with Crippen LogP contribution in [0.3, 0.4) is 0 Å². The minimum Gasteiger partial charge on any atom is -0.390 e. The number of aliphatic hydroxyl groups is 2. The Morgan fingerprint density at radius 2 is 1.87 bits per heavy atom. The van der Waals surface area contributed by atoms with Gasteiger partial charge in [-0.3, -0.25) is 0 Å². The van der Waals surface area contributed by atoms with Gasteiger partial charge >= 0.3 is 0 Å². The maximum Gasteiger partial charge on any atom is 0.0920 e. The van der Waals surface area contributed by atoms with Crippen molar-refractivity contribution in [3.05, 3.63) is 23.3 Å². The van der Waals surface area contributed by atoms with Crippen molar-refractivity contribution in [1.29, 1.82) is 0 Å². The van der Waals surface area contributed by atoms with Gasteiger partial charge in [0, 0.05) is 5.92 Å². The monoisotopic (exact) mass is 322 g/mol. The van der Waals surface area contributed by atoms with Crippen LogP contribution in [0.5, 0.6) is 0 Å². The lowest BCUT2D eigenvalue weighted by atomic mass is 9.74. The summed E-state index contributed by atoms with van der Waals surface area (Å²) in [6.45, 7) is 10.0. The minimum absolute atomic E-state index is 0.0675. The standard InChI is InChI=1S/C20H34O3/c1-14-7-6-8-15(2)13-17-16(19(3,4)22)11-12-20(5,23-17)18(21)10-9-14/h7,13,16-18,21-22H,6,8-12H2,1-5H3. The quantitative estimate of drug-likeness (QED) is 0.713. The van der Waals surface area contributed by atoms with Gasteiger partial charge in [-0.15, -0.1) is 0 Å². The molecule has 0 aromatic rings. The summed E-state index contributed by atoms with van der Waals surface area (Å²) < 4.78 is 6.40. The number of aliphatic hydroxyl groups excluding tert-OH is 1. The van der Waals surface area contributed by atoms with E-state index in [0.29, 0.717) is 0 Å². The van der Waals surface area contributed by atoms with Gasteiger partial charge in [-0.2, -0.15) is 0 Å². The first-order chi connectivity index (χ1) is 10.6. The van der Waals surface area contributed by atoms with Crippen molar-refractivity contribution in [3.8, 4) is 0 Å². The molecule has 0 spiro atoms. The van der Waals surface area contributed by atoms with Crippen LogP contribution in [-0.4, -0.2) is 33.6 Å². The first-order valence-electron chi connectivity index (χ1n) is 9.03. The van der Waals surface area contributed by atoms with Crippen LogP contribution in [0, 0.1) is 5.92 Å². The van der Waals surface area contributed by atoms with Gasteiger partial charge in [-0.05, 0) is 73.1 Å². The molecule has 23 heavy (non-hydrogen) atoms. The van der Waals surface area contributed by atoms with E-state index < -0.39 is 17.3 Å². The molecule has 2 rings (SSSR count). The second-order valence-corrected chi connectivity index (χ2v) is 8.35. The number of allylic oxidation sites excluding steroid dienone is 3. The van der Waals surface area contributed by atoms with E-state index in [9.17, 15) is 10.2 Å². The molecule has 1 fully saturated rings. The van der Waals surface area contributed by atoms with E-state index in [1.54, 1.807) is 0 Å². The maximum atomic E-state index is 10.7. The normalized spacial score (nSPS) is 37.3. The van der Waals surface area contributed by atoms with Gasteiger partial charge in [0.2, 0.25) is 0 Å².